The van der Waals surface area contributed by atoms with E-state index in [-0.39, 0.29) is 0 Å². The summed E-state index contributed by atoms with van der Waals surface area (Å²) >= 11 is 5.97. The summed E-state index contributed by atoms with van der Waals surface area (Å²) in [5.41, 5.74) is 1.03. The van der Waals surface area contributed by atoms with Crippen LogP contribution in [0.3, 0.4) is 0 Å². The molecule has 100 valence electrons. The second-order valence-electron chi connectivity index (χ2n) is 5.02. The first kappa shape index (κ1) is 13.6. The van der Waals surface area contributed by atoms with Gasteiger partial charge in [0.25, 0.3) is 0 Å². The van der Waals surface area contributed by atoms with E-state index in [9.17, 15) is 0 Å². The molecule has 0 spiro atoms. The van der Waals surface area contributed by atoms with Crippen LogP contribution in [0.1, 0.15) is 25.2 Å². The molecule has 2 heterocycles. The average Bonchev–Trinajstić information content (AvgIpc) is 2.39. The van der Waals surface area contributed by atoms with Crippen molar-refractivity contribution in [2.75, 3.05) is 31.1 Å². The fraction of sp³-hybridized carbons (Fsp3) is 0.692. The molecule has 4 nitrogen and oxygen atoms in total. The molecule has 0 radical (unpaired) electrons. The summed E-state index contributed by atoms with van der Waals surface area (Å²) in [6.45, 7) is 10.6. The van der Waals surface area contributed by atoms with Gasteiger partial charge in [-0.15, -0.1) is 11.6 Å². The number of aryl methyl sites for hydroxylation is 1. The molecule has 0 N–H and O–H groups in total. The summed E-state index contributed by atoms with van der Waals surface area (Å²) < 4.78 is 0. The van der Waals surface area contributed by atoms with Crippen LogP contribution in [0.4, 0.5) is 5.82 Å². The van der Waals surface area contributed by atoms with Crippen molar-refractivity contribution < 1.29 is 0 Å². The highest BCUT2D eigenvalue weighted by Gasteiger charge is 2.21. The normalized spacial score (nSPS) is 17.5. The Morgan fingerprint density at radius 1 is 1.28 bits per heavy atom. The molecule has 1 aliphatic heterocycles. The van der Waals surface area contributed by atoms with E-state index in [1.54, 1.807) is 0 Å². The zero-order valence-corrected chi connectivity index (χ0v) is 12.1. The van der Waals surface area contributed by atoms with Crippen LogP contribution >= 0.6 is 11.6 Å². The Kier molecular flexibility index (Phi) is 4.40. The molecule has 0 amide bonds. The third-order valence-electron chi connectivity index (χ3n) is 3.45. The monoisotopic (exact) mass is 268 g/mol. The van der Waals surface area contributed by atoms with Crippen LogP contribution in [0, 0.1) is 6.92 Å². The quantitative estimate of drug-likeness (QED) is 0.786. The number of aromatic nitrogens is 2. The molecule has 1 aromatic rings. The molecule has 1 fully saturated rings. The van der Waals surface area contributed by atoms with Crippen molar-refractivity contribution in [1.29, 1.82) is 0 Å². The van der Waals surface area contributed by atoms with Crippen LogP contribution in [0.25, 0.3) is 0 Å². The van der Waals surface area contributed by atoms with E-state index in [1.165, 1.54) is 0 Å². The maximum absolute atomic E-state index is 5.97. The first-order valence-electron chi connectivity index (χ1n) is 6.49. The van der Waals surface area contributed by atoms with Crippen molar-refractivity contribution in [3.8, 4) is 0 Å². The minimum atomic E-state index is 0.472. The smallest absolute Gasteiger partial charge is 0.136 e. The summed E-state index contributed by atoms with van der Waals surface area (Å²) in [6.07, 6.45) is 1.85. The molecule has 0 saturated carbocycles. The van der Waals surface area contributed by atoms with Gasteiger partial charge < -0.3 is 4.90 Å². The maximum Gasteiger partial charge on any atom is 0.136 e. The molecule has 5 heteroatoms. The first-order valence-corrected chi connectivity index (χ1v) is 7.02. The number of alkyl halides is 1. The highest BCUT2D eigenvalue weighted by molar-refractivity contribution is 6.17. The number of hydrogen-bond acceptors (Lipinski definition) is 4. The molecule has 1 aliphatic rings. The number of piperazine rings is 1. The summed E-state index contributed by atoms with van der Waals surface area (Å²) in [5, 5.41) is 0. The summed E-state index contributed by atoms with van der Waals surface area (Å²) in [5.74, 6) is 2.30. The van der Waals surface area contributed by atoms with Gasteiger partial charge in [0.2, 0.25) is 0 Å². The first-order chi connectivity index (χ1) is 8.61. The van der Waals surface area contributed by atoms with Gasteiger partial charge in [0.1, 0.15) is 11.6 Å². The predicted octanol–water partition coefficient (Wildman–Crippen LogP) is 2.05. The number of rotatable bonds is 3. The molecule has 0 aliphatic carbocycles. The molecular weight excluding hydrogens is 248 g/mol. The van der Waals surface area contributed by atoms with E-state index in [2.05, 4.69) is 33.6 Å². The Morgan fingerprint density at radius 3 is 2.50 bits per heavy atom. The van der Waals surface area contributed by atoms with Crippen molar-refractivity contribution >= 4 is 17.4 Å². The topological polar surface area (TPSA) is 32.3 Å². The van der Waals surface area contributed by atoms with Gasteiger partial charge >= 0.3 is 0 Å². The lowest BCUT2D eigenvalue weighted by molar-refractivity contribution is 0.209. The Bertz CT molecular complexity index is 400. The second-order valence-corrected chi connectivity index (χ2v) is 5.28. The molecular formula is C13H21ClN4. The minimum absolute atomic E-state index is 0.472. The largest absolute Gasteiger partial charge is 0.354 e. The van der Waals surface area contributed by atoms with E-state index >= 15 is 0 Å². The fourth-order valence-electron chi connectivity index (χ4n) is 2.30. The van der Waals surface area contributed by atoms with Crippen molar-refractivity contribution in [3.63, 3.8) is 0 Å². The Morgan fingerprint density at radius 2 is 1.94 bits per heavy atom. The highest BCUT2D eigenvalue weighted by Crippen LogP contribution is 2.21. The number of nitrogens with zero attached hydrogens (tertiary/aromatic N) is 4. The third-order valence-corrected chi connectivity index (χ3v) is 3.74. The van der Waals surface area contributed by atoms with Gasteiger partial charge in [0, 0.05) is 44.0 Å². The maximum atomic E-state index is 5.97. The zero-order valence-electron chi connectivity index (χ0n) is 11.4. The molecule has 18 heavy (non-hydrogen) atoms. The van der Waals surface area contributed by atoms with Crippen molar-refractivity contribution in [2.45, 2.75) is 32.7 Å². The van der Waals surface area contributed by atoms with E-state index in [4.69, 9.17) is 11.6 Å². The molecule has 0 bridgehead atoms. The van der Waals surface area contributed by atoms with Gasteiger partial charge in [-0.05, 0) is 20.8 Å². The summed E-state index contributed by atoms with van der Waals surface area (Å²) in [6, 6.07) is 0.617. The van der Waals surface area contributed by atoms with Crippen molar-refractivity contribution in [1.82, 2.24) is 14.9 Å². The SMILES string of the molecule is Cc1ncc(CCl)c(N2CCN(C(C)C)CC2)n1. The number of hydrogen-bond donors (Lipinski definition) is 0. The molecule has 1 aromatic heterocycles. The average molecular weight is 269 g/mol. The van der Waals surface area contributed by atoms with Gasteiger partial charge in [-0.25, -0.2) is 9.97 Å². The van der Waals surface area contributed by atoms with Crippen molar-refractivity contribution in [2.24, 2.45) is 0 Å². The van der Waals surface area contributed by atoms with E-state index in [0.717, 1.165) is 43.4 Å². The number of halogens is 1. The highest BCUT2D eigenvalue weighted by atomic mass is 35.5. The lowest BCUT2D eigenvalue weighted by atomic mass is 10.2. The van der Waals surface area contributed by atoms with Crippen LogP contribution in [-0.4, -0.2) is 47.1 Å². The third kappa shape index (κ3) is 2.93. The Balaban J connectivity index is 2.11. The van der Waals surface area contributed by atoms with E-state index < -0.39 is 0 Å². The van der Waals surface area contributed by atoms with E-state index in [0.29, 0.717) is 11.9 Å². The van der Waals surface area contributed by atoms with Gasteiger partial charge in [0.05, 0.1) is 5.88 Å². The summed E-state index contributed by atoms with van der Waals surface area (Å²) in [4.78, 5) is 13.6. The van der Waals surface area contributed by atoms with Gasteiger partial charge in [0.15, 0.2) is 0 Å². The molecule has 2 rings (SSSR count). The minimum Gasteiger partial charge on any atom is -0.354 e. The number of anilines is 1. The zero-order chi connectivity index (χ0) is 13.1. The Labute approximate surface area is 114 Å². The molecule has 0 unspecified atom stereocenters. The lowest BCUT2D eigenvalue weighted by Gasteiger charge is -2.38. The fourth-order valence-corrected chi connectivity index (χ4v) is 2.49. The van der Waals surface area contributed by atoms with Crippen LogP contribution in [0.15, 0.2) is 6.20 Å². The predicted molar refractivity (Wildman–Crippen MR) is 75.2 cm³/mol. The van der Waals surface area contributed by atoms with Gasteiger partial charge in [-0.3, -0.25) is 4.90 Å². The van der Waals surface area contributed by atoms with Crippen LogP contribution in [0.5, 0.6) is 0 Å². The van der Waals surface area contributed by atoms with E-state index in [1.807, 2.05) is 13.1 Å². The second kappa shape index (κ2) is 5.85. The van der Waals surface area contributed by atoms with Gasteiger partial charge in [-0.2, -0.15) is 0 Å². The summed E-state index contributed by atoms with van der Waals surface area (Å²) in [7, 11) is 0. The van der Waals surface area contributed by atoms with Crippen molar-refractivity contribution in [3.05, 3.63) is 17.6 Å². The lowest BCUT2D eigenvalue weighted by Crippen LogP contribution is -2.49. The molecule has 0 atom stereocenters. The molecule has 0 aromatic carbocycles. The van der Waals surface area contributed by atoms with Crippen LogP contribution in [0.2, 0.25) is 0 Å². The van der Waals surface area contributed by atoms with Crippen LogP contribution in [-0.2, 0) is 5.88 Å². The van der Waals surface area contributed by atoms with Crippen LogP contribution < -0.4 is 4.90 Å². The van der Waals surface area contributed by atoms with Gasteiger partial charge in [-0.1, -0.05) is 0 Å². The Hall–Kier alpha value is -0.870. The standard InChI is InChI=1S/C13H21ClN4/c1-10(2)17-4-6-18(7-5-17)13-12(8-14)9-15-11(3)16-13/h9-10H,4-8H2,1-3H3. The molecule has 1 saturated heterocycles.